The number of hydrogen-bond acceptors (Lipinski definition) is 2. The van der Waals surface area contributed by atoms with E-state index in [4.69, 9.17) is 22.1 Å². The standard InChI is InChI=1S/C17H20Br2ClN2O.ClH/c1-22(2,11-12-5-3-4-6-16(12)20)7-8-23-17-14(18)9-13(21)10-15(17)19;/h3-6,9-10H,7-8,11,21H2,1-2H3;1H/q+1;/p-1. The summed E-state index contributed by atoms with van der Waals surface area (Å²) >= 11 is 13.2. The van der Waals surface area contributed by atoms with Crippen LogP contribution in [0.2, 0.25) is 5.02 Å². The Kier molecular flexibility index (Phi) is 8.36. The van der Waals surface area contributed by atoms with Crippen LogP contribution in [0.4, 0.5) is 5.69 Å². The molecule has 0 heterocycles. The van der Waals surface area contributed by atoms with Gasteiger partial charge in [-0.25, -0.2) is 0 Å². The first-order valence-electron chi connectivity index (χ1n) is 7.21. The molecule has 2 N–H and O–H groups in total. The lowest BCUT2D eigenvalue weighted by Crippen LogP contribution is -3.00. The van der Waals surface area contributed by atoms with Crippen molar-refractivity contribution in [2.45, 2.75) is 6.54 Å². The number of nitrogen functional groups attached to an aromatic ring is 1. The van der Waals surface area contributed by atoms with E-state index in [1.54, 1.807) is 0 Å². The van der Waals surface area contributed by atoms with Crippen molar-refractivity contribution in [3.8, 4) is 5.75 Å². The third-order valence-electron chi connectivity index (χ3n) is 3.52. The Hall–Kier alpha value is -0.460. The van der Waals surface area contributed by atoms with Crippen molar-refractivity contribution in [3.05, 3.63) is 55.9 Å². The van der Waals surface area contributed by atoms with Gasteiger partial charge in [0.15, 0.2) is 0 Å². The zero-order valence-electron chi connectivity index (χ0n) is 13.5. The Bertz CT molecular complexity index is 673. The van der Waals surface area contributed by atoms with Gasteiger partial charge < -0.3 is 27.4 Å². The summed E-state index contributed by atoms with van der Waals surface area (Å²) in [4.78, 5) is 0. The molecule has 0 bridgehead atoms. The normalized spacial score (nSPS) is 11.0. The maximum absolute atomic E-state index is 6.25. The Balaban J connectivity index is 0.00000288. The topological polar surface area (TPSA) is 35.2 Å². The smallest absolute Gasteiger partial charge is 0.148 e. The highest BCUT2D eigenvalue weighted by Gasteiger charge is 2.18. The molecule has 0 saturated carbocycles. The fourth-order valence-corrected chi connectivity index (χ4v) is 3.93. The molecular weight excluding hydrogens is 479 g/mol. The van der Waals surface area contributed by atoms with Crippen LogP contribution in [-0.4, -0.2) is 31.7 Å². The number of benzene rings is 2. The van der Waals surface area contributed by atoms with E-state index in [1.807, 2.05) is 30.3 Å². The fraction of sp³-hybridized carbons (Fsp3) is 0.294. The number of ether oxygens (including phenoxy) is 1. The maximum atomic E-state index is 6.25. The van der Waals surface area contributed by atoms with Crippen LogP contribution in [0.25, 0.3) is 0 Å². The van der Waals surface area contributed by atoms with Crippen LogP contribution in [0.5, 0.6) is 5.75 Å². The van der Waals surface area contributed by atoms with Crippen LogP contribution >= 0.6 is 43.5 Å². The number of nitrogens with two attached hydrogens (primary N) is 1. The summed E-state index contributed by atoms with van der Waals surface area (Å²) in [5, 5.41) is 0.809. The Morgan fingerprint density at radius 2 is 1.71 bits per heavy atom. The number of hydrogen-bond donors (Lipinski definition) is 1. The lowest BCUT2D eigenvalue weighted by Gasteiger charge is -2.30. The third kappa shape index (κ3) is 6.12. The van der Waals surface area contributed by atoms with Gasteiger partial charge in [-0.1, -0.05) is 29.8 Å². The molecule has 0 unspecified atom stereocenters. The minimum atomic E-state index is 0. The predicted octanol–water partition coefficient (Wildman–Crippen LogP) is 2.11. The second-order valence-electron chi connectivity index (χ2n) is 6.07. The lowest BCUT2D eigenvalue weighted by molar-refractivity contribution is -0.903. The average Bonchev–Trinajstić information content (AvgIpc) is 2.44. The summed E-state index contributed by atoms with van der Waals surface area (Å²) < 4.78 is 8.41. The molecule has 0 atom stereocenters. The molecule has 0 radical (unpaired) electrons. The molecule has 3 nitrogen and oxygen atoms in total. The zero-order chi connectivity index (χ0) is 17.0. The van der Waals surface area contributed by atoms with Crippen molar-refractivity contribution >= 4 is 49.1 Å². The molecule has 0 aliphatic rings. The van der Waals surface area contributed by atoms with Crippen molar-refractivity contribution in [1.29, 1.82) is 0 Å². The highest BCUT2D eigenvalue weighted by Crippen LogP contribution is 2.35. The van der Waals surface area contributed by atoms with E-state index in [0.29, 0.717) is 12.3 Å². The number of anilines is 1. The summed E-state index contributed by atoms with van der Waals surface area (Å²) in [5.74, 6) is 0.775. The van der Waals surface area contributed by atoms with E-state index in [2.05, 4.69) is 52.0 Å². The van der Waals surface area contributed by atoms with Crippen molar-refractivity contribution in [2.75, 3.05) is 33.0 Å². The molecule has 0 spiro atoms. The van der Waals surface area contributed by atoms with E-state index in [1.165, 1.54) is 0 Å². The van der Waals surface area contributed by atoms with Crippen LogP contribution in [-0.2, 0) is 6.54 Å². The minimum absolute atomic E-state index is 0. The Labute approximate surface area is 171 Å². The first kappa shape index (κ1) is 21.6. The van der Waals surface area contributed by atoms with Crippen molar-refractivity contribution in [1.82, 2.24) is 0 Å². The Morgan fingerprint density at radius 3 is 2.29 bits per heavy atom. The number of likely N-dealkylation sites (N-methyl/N-ethyl adjacent to an activating group) is 1. The number of halogens is 4. The van der Waals surface area contributed by atoms with E-state index in [-0.39, 0.29) is 12.4 Å². The maximum Gasteiger partial charge on any atom is 0.148 e. The quantitative estimate of drug-likeness (QED) is 0.489. The predicted molar refractivity (Wildman–Crippen MR) is 104 cm³/mol. The third-order valence-corrected chi connectivity index (χ3v) is 5.07. The van der Waals surface area contributed by atoms with Gasteiger partial charge in [0.2, 0.25) is 0 Å². The number of quaternary nitrogens is 1. The lowest BCUT2D eigenvalue weighted by atomic mass is 10.2. The van der Waals surface area contributed by atoms with Crippen LogP contribution < -0.4 is 22.9 Å². The van der Waals surface area contributed by atoms with Crippen molar-refractivity contribution in [2.24, 2.45) is 0 Å². The van der Waals surface area contributed by atoms with E-state index < -0.39 is 0 Å². The molecule has 0 saturated heterocycles. The van der Waals surface area contributed by atoms with Gasteiger partial charge in [0.25, 0.3) is 0 Å². The van der Waals surface area contributed by atoms with Gasteiger partial charge in [-0.15, -0.1) is 0 Å². The first-order valence-corrected chi connectivity index (χ1v) is 9.17. The highest BCUT2D eigenvalue weighted by molar-refractivity contribution is 9.11. The molecule has 132 valence electrons. The SMILES string of the molecule is C[N+](C)(CCOc1c(Br)cc(N)cc1Br)Cc1ccccc1Cl.[Cl-]. The summed E-state index contributed by atoms with van der Waals surface area (Å²) in [7, 11) is 4.33. The second-order valence-corrected chi connectivity index (χ2v) is 8.19. The first-order chi connectivity index (χ1) is 10.8. The molecule has 0 aromatic heterocycles. The molecule has 24 heavy (non-hydrogen) atoms. The molecule has 0 fully saturated rings. The number of rotatable bonds is 6. The molecule has 2 rings (SSSR count). The van der Waals surface area contributed by atoms with Gasteiger partial charge >= 0.3 is 0 Å². The van der Waals surface area contributed by atoms with Gasteiger partial charge in [0.05, 0.1) is 23.0 Å². The van der Waals surface area contributed by atoms with Gasteiger partial charge in [0.1, 0.15) is 25.4 Å². The van der Waals surface area contributed by atoms with Crippen LogP contribution in [0.1, 0.15) is 5.56 Å². The summed E-state index contributed by atoms with van der Waals surface area (Å²) in [6.45, 7) is 2.31. The molecule has 7 heteroatoms. The van der Waals surface area contributed by atoms with Gasteiger partial charge in [-0.3, -0.25) is 0 Å². The van der Waals surface area contributed by atoms with Crippen molar-refractivity contribution in [3.63, 3.8) is 0 Å². The summed E-state index contributed by atoms with van der Waals surface area (Å²) in [6.07, 6.45) is 0. The Morgan fingerprint density at radius 1 is 1.12 bits per heavy atom. The monoisotopic (exact) mass is 496 g/mol. The highest BCUT2D eigenvalue weighted by atomic mass is 79.9. The van der Waals surface area contributed by atoms with E-state index >= 15 is 0 Å². The van der Waals surface area contributed by atoms with Crippen molar-refractivity contribution < 1.29 is 21.6 Å². The minimum Gasteiger partial charge on any atom is -1.00 e. The second kappa shape index (κ2) is 9.30. The summed E-state index contributed by atoms with van der Waals surface area (Å²) in [5.41, 5.74) is 7.63. The molecular formula is C17H20Br2Cl2N2O. The van der Waals surface area contributed by atoms with Gasteiger partial charge in [0, 0.05) is 16.3 Å². The molecule has 0 aliphatic carbocycles. The zero-order valence-corrected chi connectivity index (χ0v) is 18.2. The van der Waals surface area contributed by atoms with Gasteiger partial charge in [-0.2, -0.15) is 0 Å². The largest absolute Gasteiger partial charge is 1.00 e. The van der Waals surface area contributed by atoms with Crippen LogP contribution in [0.3, 0.4) is 0 Å². The molecule has 2 aromatic rings. The van der Waals surface area contributed by atoms with Crippen LogP contribution in [0, 0.1) is 0 Å². The molecule has 0 aliphatic heterocycles. The van der Waals surface area contributed by atoms with E-state index in [0.717, 1.165) is 42.9 Å². The number of nitrogens with zero attached hydrogens (tertiary/aromatic N) is 1. The average molecular weight is 499 g/mol. The molecule has 0 amide bonds. The molecule has 2 aromatic carbocycles. The fourth-order valence-electron chi connectivity index (χ4n) is 2.28. The van der Waals surface area contributed by atoms with Crippen LogP contribution in [0.15, 0.2) is 45.3 Å². The van der Waals surface area contributed by atoms with E-state index in [9.17, 15) is 0 Å². The summed E-state index contributed by atoms with van der Waals surface area (Å²) in [6, 6.07) is 11.6. The van der Waals surface area contributed by atoms with Gasteiger partial charge in [-0.05, 0) is 50.1 Å².